The molecule has 1 unspecified atom stereocenters. The van der Waals surface area contributed by atoms with E-state index in [1.54, 1.807) is 0 Å². The SMILES string of the molecule is CNCC1CN(C)CCCN1C1CCCCC1. The fourth-order valence-electron chi connectivity index (χ4n) is 3.57. The Hall–Kier alpha value is -0.120. The van der Waals surface area contributed by atoms with Crippen LogP contribution in [0, 0.1) is 0 Å². The van der Waals surface area contributed by atoms with Gasteiger partial charge in [0.05, 0.1) is 0 Å². The van der Waals surface area contributed by atoms with Crippen molar-refractivity contribution in [1.29, 1.82) is 0 Å². The van der Waals surface area contributed by atoms with Gasteiger partial charge >= 0.3 is 0 Å². The van der Waals surface area contributed by atoms with Crippen molar-refractivity contribution in [2.75, 3.05) is 40.3 Å². The van der Waals surface area contributed by atoms with Crippen molar-refractivity contribution in [2.24, 2.45) is 0 Å². The van der Waals surface area contributed by atoms with E-state index in [4.69, 9.17) is 0 Å². The van der Waals surface area contributed by atoms with Gasteiger partial charge in [-0.25, -0.2) is 0 Å². The normalized spacial score (nSPS) is 30.4. The van der Waals surface area contributed by atoms with Gasteiger partial charge in [-0.15, -0.1) is 0 Å². The highest BCUT2D eigenvalue weighted by Gasteiger charge is 2.29. The molecule has 1 aliphatic heterocycles. The van der Waals surface area contributed by atoms with Gasteiger partial charge in [-0.2, -0.15) is 0 Å². The van der Waals surface area contributed by atoms with Crippen LogP contribution in [0.3, 0.4) is 0 Å². The molecule has 2 fully saturated rings. The quantitative estimate of drug-likeness (QED) is 0.806. The van der Waals surface area contributed by atoms with Crippen molar-refractivity contribution in [3.63, 3.8) is 0 Å². The maximum absolute atomic E-state index is 3.39. The molecule has 1 N–H and O–H groups in total. The molecule has 0 amide bonds. The van der Waals surface area contributed by atoms with E-state index in [1.807, 2.05) is 0 Å². The van der Waals surface area contributed by atoms with Gasteiger partial charge in [0, 0.05) is 31.7 Å². The molecule has 1 saturated heterocycles. The summed E-state index contributed by atoms with van der Waals surface area (Å²) >= 11 is 0. The van der Waals surface area contributed by atoms with Crippen LogP contribution in [-0.2, 0) is 0 Å². The maximum Gasteiger partial charge on any atom is 0.0350 e. The van der Waals surface area contributed by atoms with E-state index in [0.29, 0.717) is 0 Å². The first-order chi connectivity index (χ1) is 8.31. The molecule has 2 rings (SSSR count). The molecule has 0 bridgehead atoms. The third-order valence-electron chi connectivity index (χ3n) is 4.43. The van der Waals surface area contributed by atoms with E-state index < -0.39 is 0 Å². The molecular formula is C14H29N3. The lowest BCUT2D eigenvalue weighted by Gasteiger charge is -2.39. The van der Waals surface area contributed by atoms with Gasteiger partial charge in [-0.05, 0) is 39.9 Å². The maximum atomic E-state index is 3.39. The summed E-state index contributed by atoms with van der Waals surface area (Å²) in [6, 6.07) is 1.59. The molecule has 3 heteroatoms. The molecule has 17 heavy (non-hydrogen) atoms. The molecule has 0 aromatic rings. The third kappa shape index (κ3) is 3.67. The molecule has 1 heterocycles. The van der Waals surface area contributed by atoms with Gasteiger partial charge in [0.15, 0.2) is 0 Å². The van der Waals surface area contributed by atoms with Gasteiger partial charge in [-0.3, -0.25) is 4.90 Å². The van der Waals surface area contributed by atoms with Crippen LogP contribution in [-0.4, -0.2) is 62.2 Å². The molecule has 3 nitrogen and oxygen atoms in total. The van der Waals surface area contributed by atoms with E-state index in [1.165, 1.54) is 58.2 Å². The summed E-state index contributed by atoms with van der Waals surface area (Å²) in [4.78, 5) is 5.32. The fourth-order valence-corrected chi connectivity index (χ4v) is 3.57. The van der Waals surface area contributed by atoms with Crippen LogP contribution >= 0.6 is 0 Å². The van der Waals surface area contributed by atoms with Crippen LogP contribution in [0.1, 0.15) is 38.5 Å². The summed E-state index contributed by atoms with van der Waals surface area (Å²) in [5.74, 6) is 0. The van der Waals surface area contributed by atoms with Gasteiger partial charge in [0.25, 0.3) is 0 Å². The molecular weight excluding hydrogens is 210 g/mol. The number of hydrogen-bond acceptors (Lipinski definition) is 3. The van der Waals surface area contributed by atoms with E-state index in [2.05, 4.69) is 29.2 Å². The lowest BCUT2D eigenvalue weighted by Crippen LogP contribution is -2.50. The Bertz CT molecular complexity index is 214. The Morgan fingerprint density at radius 2 is 1.82 bits per heavy atom. The molecule has 2 aliphatic rings. The third-order valence-corrected chi connectivity index (χ3v) is 4.43. The molecule has 0 spiro atoms. The van der Waals surface area contributed by atoms with Crippen molar-refractivity contribution < 1.29 is 0 Å². The highest BCUT2D eigenvalue weighted by Crippen LogP contribution is 2.25. The predicted octanol–water partition coefficient (Wildman–Crippen LogP) is 1.54. The lowest BCUT2D eigenvalue weighted by molar-refractivity contribution is 0.104. The van der Waals surface area contributed by atoms with Gasteiger partial charge in [0.1, 0.15) is 0 Å². The first kappa shape index (κ1) is 13.3. The predicted molar refractivity (Wildman–Crippen MR) is 73.4 cm³/mol. The Balaban J connectivity index is 1.98. The van der Waals surface area contributed by atoms with Crippen molar-refractivity contribution in [2.45, 2.75) is 50.6 Å². The van der Waals surface area contributed by atoms with Crippen LogP contribution in [0.5, 0.6) is 0 Å². The number of hydrogen-bond donors (Lipinski definition) is 1. The summed E-state index contributed by atoms with van der Waals surface area (Å²) in [6.07, 6.45) is 8.56. The van der Waals surface area contributed by atoms with Gasteiger partial charge in [-0.1, -0.05) is 19.3 Å². The zero-order chi connectivity index (χ0) is 12.1. The van der Waals surface area contributed by atoms with Gasteiger partial charge in [0.2, 0.25) is 0 Å². The van der Waals surface area contributed by atoms with Crippen LogP contribution in [0.25, 0.3) is 0 Å². The van der Waals surface area contributed by atoms with Crippen molar-refractivity contribution in [1.82, 2.24) is 15.1 Å². The number of likely N-dealkylation sites (N-methyl/N-ethyl adjacent to an activating group) is 2. The first-order valence-electron chi connectivity index (χ1n) is 7.40. The Kier molecular flexibility index (Phi) is 5.26. The zero-order valence-electron chi connectivity index (χ0n) is 11.6. The fraction of sp³-hybridized carbons (Fsp3) is 1.00. The second kappa shape index (κ2) is 6.72. The van der Waals surface area contributed by atoms with Crippen LogP contribution < -0.4 is 5.32 Å². The van der Waals surface area contributed by atoms with Gasteiger partial charge < -0.3 is 10.2 Å². The number of nitrogens with zero attached hydrogens (tertiary/aromatic N) is 2. The monoisotopic (exact) mass is 239 g/mol. The minimum absolute atomic E-state index is 0.718. The average Bonchev–Trinajstić information content (AvgIpc) is 2.52. The van der Waals surface area contributed by atoms with Crippen molar-refractivity contribution >= 4 is 0 Å². The highest BCUT2D eigenvalue weighted by molar-refractivity contribution is 4.86. The lowest BCUT2D eigenvalue weighted by atomic mass is 9.93. The Morgan fingerprint density at radius 3 is 2.53 bits per heavy atom. The van der Waals surface area contributed by atoms with E-state index in [-0.39, 0.29) is 0 Å². The molecule has 1 aliphatic carbocycles. The minimum Gasteiger partial charge on any atom is -0.318 e. The summed E-state index contributed by atoms with van der Waals surface area (Å²) < 4.78 is 0. The number of rotatable bonds is 3. The molecule has 1 atom stereocenters. The van der Waals surface area contributed by atoms with E-state index >= 15 is 0 Å². The summed E-state index contributed by atoms with van der Waals surface area (Å²) in [6.45, 7) is 4.95. The van der Waals surface area contributed by atoms with Crippen LogP contribution in [0.15, 0.2) is 0 Å². The Morgan fingerprint density at radius 1 is 1.06 bits per heavy atom. The summed E-state index contributed by atoms with van der Waals surface area (Å²) in [7, 11) is 4.36. The topological polar surface area (TPSA) is 18.5 Å². The first-order valence-corrected chi connectivity index (χ1v) is 7.40. The zero-order valence-corrected chi connectivity index (χ0v) is 11.6. The second-order valence-corrected chi connectivity index (χ2v) is 5.86. The van der Waals surface area contributed by atoms with Crippen molar-refractivity contribution in [3.8, 4) is 0 Å². The molecule has 1 saturated carbocycles. The smallest absolute Gasteiger partial charge is 0.0350 e. The number of nitrogens with one attached hydrogen (secondary N) is 1. The largest absolute Gasteiger partial charge is 0.318 e. The molecule has 0 aromatic carbocycles. The highest BCUT2D eigenvalue weighted by atomic mass is 15.3. The van der Waals surface area contributed by atoms with Crippen LogP contribution in [0.4, 0.5) is 0 Å². The standard InChI is InChI=1S/C14H29N3/c1-15-11-14-12-16(2)9-6-10-17(14)13-7-4-3-5-8-13/h13-15H,3-12H2,1-2H3. The summed E-state index contributed by atoms with van der Waals surface area (Å²) in [5, 5.41) is 3.39. The second-order valence-electron chi connectivity index (χ2n) is 5.86. The minimum atomic E-state index is 0.718. The summed E-state index contributed by atoms with van der Waals surface area (Å²) in [5.41, 5.74) is 0. The van der Waals surface area contributed by atoms with E-state index in [9.17, 15) is 0 Å². The van der Waals surface area contributed by atoms with Crippen molar-refractivity contribution in [3.05, 3.63) is 0 Å². The van der Waals surface area contributed by atoms with E-state index in [0.717, 1.165) is 18.6 Å². The average molecular weight is 239 g/mol. The Labute approximate surface area is 107 Å². The van der Waals surface area contributed by atoms with Crippen LogP contribution in [0.2, 0.25) is 0 Å². The molecule has 0 aromatic heterocycles. The molecule has 100 valence electrons. The molecule has 0 radical (unpaired) electrons.